The van der Waals surface area contributed by atoms with Crippen LogP contribution >= 0.6 is 11.6 Å². The van der Waals surface area contributed by atoms with Gasteiger partial charge in [-0.15, -0.1) is 0 Å². The van der Waals surface area contributed by atoms with Crippen molar-refractivity contribution in [1.82, 2.24) is 19.5 Å². The fourth-order valence-electron chi connectivity index (χ4n) is 5.17. The molecule has 3 heterocycles. The molecule has 1 aliphatic carbocycles. The topological polar surface area (TPSA) is 120 Å². The molecule has 1 aliphatic heterocycles. The van der Waals surface area contributed by atoms with Crippen LogP contribution in [-0.4, -0.2) is 44.7 Å². The molecule has 4 N–H and O–H groups in total. The van der Waals surface area contributed by atoms with Crippen LogP contribution in [0.25, 0.3) is 11.2 Å². The first-order valence-corrected chi connectivity index (χ1v) is 12.8. The highest BCUT2D eigenvalue weighted by Crippen LogP contribution is 2.43. The van der Waals surface area contributed by atoms with Crippen molar-refractivity contribution >= 4 is 46.3 Å². The van der Waals surface area contributed by atoms with Crippen molar-refractivity contribution in [2.24, 2.45) is 17.1 Å². The maximum atomic E-state index is 14.7. The van der Waals surface area contributed by atoms with Crippen LogP contribution in [0.1, 0.15) is 52.0 Å². The van der Waals surface area contributed by atoms with E-state index in [0.29, 0.717) is 56.0 Å². The van der Waals surface area contributed by atoms with Crippen molar-refractivity contribution in [2.75, 3.05) is 23.8 Å². The number of anilines is 3. The number of carbonyl (C=O) groups is 1. The highest BCUT2D eigenvalue weighted by molar-refractivity contribution is 6.30. The van der Waals surface area contributed by atoms with E-state index in [1.165, 1.54) is 0 Å². The molecule has 0 unspecified atom stereocenters. The third kappa shape index (κ3) is 5.06. The lowest BCUT2D eigenvalue weighted by Gasteiger charge is -2.35. The lowest BCUT2D eigenvalue weighted by Crippen LogP contribution is -2.38. The molecule has 1 amide bonds. The number of nitrogens with two attached hydrogens (primary N) is 1. The Bertz CT molecular complexity index is 1300. The molecule has 2 fully saturated rings. The van der Waals surface area contributed by atoms with Crippen LogP contribution in [0.2, 0.25) is 5.02 Å². The molecule has 3 aromatic rings. The molecule has 198 valence electrons. The quantitative estimate of drug-likeness (QED) is 0.410. The van der Waals surface area contributed by atoms with Gasteiger partial charge in [0.05, 0.1) is 12.8 Å². The van der Waals surface area contributed by atoms with Crippen LogP contribution in [0.15, 0.2) is 18.3 Å². The summed E-state index contributed by atoms with van der Waals surface area (Å²) in [4.78, 5) is 25.8. The number of nitrogens with zero attached hydrogens (tertiary/aromatic N) is 4. The maximum Gasteiger partial charge on any atom is 0.224 e. The van der Waals surface area contributed by atoms with Crippen molar-refractivity contribution in [3.05, 3.63) is 35.0 Å². The Morgan fingerprint density at radius 2 is 1.92 bits per heavy atom. The third-order valence-corrected chi connectivity index (χ3v) is 7.87. The Hall–Kier alpha value is -3.05. The van der Waals surface area contributed by atoms with Gasteiger partial charge in [0.25, 0.3) is 0 Å². The molecule has 2 aliphatic rings. The maximum absolute atomic E-state index is 14.7. The van der Waals surface area contributed by atoms with Gasteiger partial charge in [0.15, 0.2) is 17.3 Å². The van der Waals surface area contributed by atoms with Crippen molar-refractivity contribution in [3.63, 3.8) is 0 Å². The number of nitrogens with one attached hydrogen (secondary N) is 2. The Labute approximate surface area is 218 Å². The number of hydrogen-bond acceptors (Lipinski definition) is 7. The molecule has 0 bridgehead atoms. The van der Waals surface area contributed by atoms with Gasteiger partial charge in [-0.25, -0.2) is 18.7 Å². The first-order chi connectivity index (χ1) is 17.6. The van der Waals surface area contributed by atoms with E-state index < -0.39 is 17.0 Å². The van der Waals surface area contributed by atoms with Crippen LogP contribution in [-0.2, 0) is 9.53 Å². The summed E-state index contributed by atoms with van der Waals surface area (Å²) in [5.41, 5.74) is 5.70. The fourth-order valence-corrected chi connectivity index (χ4v) is 5.36. The summed E-state index contributed by atoms with van der Waals surface area (Å²) in [5.74, 6) is -1.04. The van der Waals surface area contributed by atoms with Crippen molar-refractivity contribution < 1.29 is 18.3 Å². The minimum Gasteiger partial charge on any atom is -0.381 e. The summed E-state index contributed by atoms with van der Waals surface area (Å²) in [6.45, 7) is 5.29. The number of fused-ring (bicyclic) bond motifs is 1. The Balaban J connectivity index is 1.54. The second kappa shape index (κ2) is 10.0. The first-order valence-electron chi connectivity index (χ1n) is 12.5. The number of benzene rings is 1. The Morgan fingerprint density at radius 3 is 2.57 bits per heavy atom. The molecular weight excluding hydrogens is 504 g/mol. The van der Waals surface area contributed by atoms with Gasteiger partial charge in [-0.1, -0.05) is 25.4 Å². The zero-order valence-electron chi connectivity index (χ0n) is 20.7. The zero-order chi connectivity index (χ0) is 26.3. The van der Waals surface area contributed by atoms with Gasteiger partial charge in [-0.2, -0.15) is 4.98 Å². The lowest BCUT2D eigenvalue weighted by molar-refractivity contribution is -0.128. The lowest BCUT2D eigenvalue weighted by atomic mass is 9.73. The molecule has 12 heteroatoms. The summed E-state index contributed by atoms with van der Waals surface area (Å²) < 4.78 is 36.7. The average Bonchev–Trinajstić information content (AvgIpc) is 3.20. The predicted octanol–water partition coefficient (Wildman–Crippen LogP) is 4.95. The van der Waals surface area contributed by atoms with E-state index in [0.717, 1.165) is 18.6 Å². The number of halogens is 3. The molecule has 1 aromatic carbocycles. The average molecular weight is 534 g/mol. The smallest absolute Gasteiger partial charge is 0.224 e. The number of imidazole rings is 1. The van der Waals surface area contributed by atoms with E-state index in [2.05, 4.69) is 27.5 Å². The summed E-state index contributed by atoms with van der Waals surface area (Å²) >= 11 is 5.80. The second-order valence-corrected chi connectivity index (χ2v) is 10.8. The van der Waals surface area contributed by atoms with E-state index in [1.807, 2.05) is 11.5 Å². The SMILES string of the molecule is C[C@@H]1COCC[C@H]1Nc1ncc2nc(Nc3c(F)cc(Cl)cc3F)n(C3CCC(C)(C(N)=O)CC3)c2n1. The molecule has 1 saturated carbocycles. The van der Waals surface area contributed by atoms with E-state index >= 15 is 0 Å². The molecule has 37 heavy (non-hydrogen) atoms. The Kier molecular flexibility index (Phi) is 6.93. The molecule has 2 atom stereocenters. The Morgan fingerprint density at radius 1 is 1.22 bits per heavy atom. The van der Waals surface area contributed by atoms with E-state index in [9.17, 15) is 13.6 Å². The normalized spacial score (nSPS) is 26.2. The number of hydrogen-bond donors (Lipinski definition) is 3. The van der Waals surface area contributed by atoms with Crippen LogP contribution in [0.4, 0.5) is 26.4 Å². The van der Waals surface area contributed by atoms with Crippen molar-refractivity contribution in [1.29, 1.82) is 0 Å². The minimum absolute atomic E-state index is 0.0454. The molecule has 5 rings (SSSR count). The fraction of sp³-hybridized carbons (Fsp3) is 0.520. The molecular formula is C25H30ClF2N7O2. The predicted molar refractivity (Wildman–Crippen MR) is 137 cm³/mol. The summed E-state index contributed by atoms with van der Waals surface area (Å²) in [6.07, 6.45) is 4.82. The van der Waals surface area contributed by atoms with Gasteiger partial charge in [0.2, 0.25) is 17.8 Å². The molecule has 0 radical (unpaired) electrons. The third-order valence-electron chi connectivity index (χ3n) is 7.65. The van der Waals surface area contributed by atoms with Crippen molar-refractivity contribution in [2.45, 2.75) is 58.0 Å². The second-order valence-electron chi connectivity index (χ2n) is 10.3. The van der Waals surface area contributed by atoms with Crippen LogP contribution in [0.3, 0.4) is 0 Å². The molecule has 0 spiro atoms. The summed E-state index contributed by atoms with van der Waals surface area (Å²) in [6, 6.07) is 2.11. The zero-order valence-corrected chi connectivity index (χ0v) is 21.5. The summed E-state index contributed by atoms with van der Waals surface area (Å²) in [5, 5.41) is 6.18. The number of primary amides is 1. The number of aromatic nitrogens is 4. The highest BCUT2D eigenvalue weighted by atomic mass is 35.5. The van der Waals surface area contributed by atoms with Crippen LogP contribution < -0.4 is 16.4 Å². The van der Waals surface area contributed by atoms with Gasteiger partial charge >= 0.3 is 0 Å². The minimum atomic E-state index is -0.838. The van der Waals surface area contributed by atoms with E-state index in [4.69, 9.17) is 27.1 Å². The molecule has 2 aromatic heterocycles. The molecule has 9 nitrogen and oxygen atoms in total. The van der Waals surface area contributed by atoms with Gasteiger partial charge in [-0.3, -0.25) is 9.36 Å². The standard InChI is InChI=1S/C25H30ClF2N7O2/c1-13-12-37-8-5-18(13)31-23-30-11-19-21(34-23)35(15-3-6-25(2,7-4-15)22(29)36)24(32-19)33-20-16(27)9-14(26)10-17(20)28/h9-11,13,15,18H,3-8,12H2,1-2H3,(H2,29,36)(H,32,33)(H,30,31,34)/t13-,15?,18-,25?/m1/s1. The van der Waals surface area contributed by atoms with E-state index in [-0.39, 0.29) is 40.6 Å². The first kappa shape index (κ1) is 25.6. The largest absolute Gasteiger partial charge is 0.381 e. The number of amides is 1. The summed E-state index contributed by atoms with van der Waals surface area (Å²) in [7, 11) is 0. The van der Waals surface area contributed by atoms with Gasteiger partial charge in [0, 0.05) is 29.1 Å². The van der Waals surface area contributed by atoms with Crippen molar-refractivity contribution in [3.8, 4) is 0 Å². The molecule has 1 saturated heterocycles. The van der Waals surface area contributed by atoms with Gasteiger partial charge in [-0.05, 0) is 50.2 Å². The monoisotopic (exact) mass is 533 g/mol. The number of ether oxygens (including phenoxy) is 1. The highest BCUT2D eigenvalue weighted by Gasteiger charge is 2.38. The number of carbonyl (C=O) groups excluding carboxylic acids is 1. The van der Waals surface area contributed by atoms with Crippen LogP contribution in [0, 0.1) is 23.0 Å². The van der Waals surface area contributed by atoms with Gasteiger partial charge < -0.3 is 21.1 Å². The van der Waals surface area contributed by atoms with Gasteiger partial charge in [0.1, 0.15) is 11.2 Å². The number of rotatable bonds is 6. The van der Waals surface area contributed by atoms with E-state index in [1.54, 1.807) is 6.20 Å². The van der Waals surface area contributed by atoms with Crippen LogP contribution in [0.5, 0.6) is 0 Å².